The van der Waals surface area contributed by atoms with Gasteiger partial charge in [0.15, 0.2) is 0 Å². The molecule has 0 atom stereocenters. The second-order valence-corrected chi connectivity index (χ2v) is 7.36. The molecule has 0 bridgehead atoms. The van der Waals surface area contributed by atoms with Crippen LogP contribution in [0.3, 0.4) is 0 Å². The molecule has 1 aliphatic heterocycles. The molecule has 0 saturated carbocycles. The lowest BCUT2D eigenvalue weighted by atomic mass is 10.0. The fraction of sp³-hybridized carbons (Fsp3) is 0.267. The van der Waals surface area contributed by atoms with Crippen LogP contribution < -0.4 is 4.31 Å². The average Bonchev–Trinajstić information content (AvgIpc) is 2.46. The molecule has 21 heavy (non-hydrogen) atoms. The molecule has 6 heteroatoms. The maximum absolute atomic E-state index is 12.9. The van der Waals surface area contributed by atoms with Crippen LogP contribution in [0.15, 0.2) is 41.6 Å². The van der Waals surface area contributed by atoms with Crippen LogP contribution in [-0.4, -0.2) is 19.9 Å². The maximum Gasteiger partial charge on any atom is 0.267 e. The quantitative estimate of drug-likeness (QED) is 0.853. The summed E-state index contributed by atoms with van der Waals surface area (Å²) in [6, 6.07) is 7.33. The molecule has 110 valence electrons. The molecular weight excluding hydrogens is 308 g/mol. The number of nitrogens with zero attached hydrogens (tertiary/aromatic N) is 2. The number of anilines is 1. The third kappa shape index (κ3) is 2.51. The standard InChI is InChI=1S/C15H15ClN2O2S/c1-11-4-5-14-12(9-11)3-2-8-18(14)21(19,20)15-10-17-7-6-13(15)16/h4-7,9-10H,2-3,8H2,1H3. The van der Waals surface area contributed by atoms with E-state index < -0.39 is 10.0 Å². The molecule has 0 fully saturated rings. The molecule has 0 aliphatic carbocycles. The summed E-state index contributed by atoms with van der Waals surface area (Å²) < 4.78 is 27.2. The van der Waals surface area contributed by atoms with Gasteiger partial charge in [-0.3, -0.25) is 9.29 Å². The Kier molecular flexibility index (Phi) is 3.63. The van der Waals surface area contributed by atoms with Crippen LogP contribution in [0.1, 0.15) is 17.5 Å². The molecule has 2 aromatic rings. The smallest absolute Gasteiger partial charge is 0.266 e. The lowest BCUT2D eigenvalue weighted by Gasteiger charge is -2.30. The molecular formula is C15H15ClN2O2S. The highest BCUT2D eigenvalue weighted by Crippen LogP contribution is 2.34. The van der Waals surface area contributed by atoms with Crippen molar-refractivity contribution in [2.24, 2.45) is 0 Å². The number of benzene rings is 1. The van der Waals surface area contributed by atoms with Gasteiger partial charge in [-0.05, 0) is 37.5 Å². The SMILES string of the molecule is Cc1ccc2c(c1)CCCN2S(=O)(=O)c1cnccc1Cl. The zero-order valence-corrected chi connectivity index (χ0v) is 13.2. The van der Waals surface area contributed by atoms with Crippen molar-refractivity contribution >= 4 is 27.3 Å². The van der Waals surface area contributed by atoms with Gasteiger partial charge in [0.1, 0.15) is 4.90 Å². The first-order valence-electron chi connectivity index (χ1n) is 6.72. The Morgan fingerprint density at radius 1 is 1.29 bits per heavy atom. The second-order valence-electron chi connectivity index (χ2n) is 5.12. The minimum atomic E-state index is -3.68. The Bertz CT molecular complexity index is 790. The minimum Gasteiger partial charge on any atom is -0.266 e. The van der Waals surface area contributed by atoms with Gasteiger partial charge in [-0.2, -0.15) is 0 Å². The predicted octanol–water partition coefficient (Wildman–Crippen LogP) is 3.18. The summed E-state index contributed by atoms with van der Waals surface area (Å²) in [5, 5.41) is 0.198. The molecule has 2 heterocycles. The van der Waals surface area contributed by atoms with E-state index in [2.05, 4.69) is 4.98 Å². The average molecular weight is 323 g/mol. The van der Waals surface area contributed by atoms with E-state index in [4.69, 9.17) is 11.6 Å². The van der Waals surface area contributed by atoms with Crippen LogP contribution >= 0.6 is 11.6 Å². The molecule has 0 unspecified atom stereocenters. The van der Waals surface area contributed by atoms with Gasteiger partial charge in [0.05, 0.1) is 10.7 Å². The highest BCUT2D eigenvalue weighted by Gasteiger charge is 2.30. The van der Waals surface area contributed by atoms with Crippen molar-refractivity contribution in [1.82, 2.24) is 4.98 Å². The van der Waals surface area contributed by atoms with Crippen LogP contribution in [-0.2, 0) is 16.4 Å². The summed E-state index contributed by atoms with van der Waals surface area (Å²) in [7, 11) is -3.68. The van der Waals surface area contributed by atoms with E-state index in [-0.39, 0.29) is 9.92 Å². The van der Waals surface area contributed by atoms with Crippen LogP contribution in [0, 0.1) is 6.92 Å². The van der Waals surface area contributed by atoms with Crippen LogP contribution in [0.2, 0.25) is 5.02 Å². The van der Waals surface area contributed by atoms with Crippen LogP contribution in [0.25, 0.3) is 0 Å². The molecule has 3 rings (SSSR count). The van der Waals surface area contributed by atoms with Crippen LogP contribution in [0.5, 0.6) is 0 Å². The fourth-order valence-electron chi connectivity index (χ4n) is 2.61. The summed E-state index contributed by atoms with van der Waals surface area (Å²) in [5.41, 5.74) is 2.93. The maximum atomic E-state index is 12.9. The molecule has 1 aromatic carbocycles. The van der Waals surface area contributed by atoms with E-state index in [1.165, 1.54) is 22.8 Å². The summed E-state index contributed by atoms with van der Waals surface area (Å²) in [6.07, 6.45) is 4.48. The molecule has 0 spiro atoms. The van der Waals surface area contributed by atoms with Gasteiger partial charge in [-0.15, -0.1) is 0 Å². The number of aromatic nitrogens is 1. The molecule has 1 aromatic heterocycles. The fourth-order valence-corrected chi connectivity index (χ4v) is 4.56. The third-order valence-electron chi connectivity index (χ3n) is 3.61. The van der Waals surface area contributed by atoms with E-state index >= 15 is 0 Å². The van der Waals surface area contributed by atoms with Crippen molar-refractivity contribution in [3.63, 3.8) is 0 Å². The van der Waals surface area contributed by atoms with Gasteiger partial charge in [0.2, 0.25) is 0 Å². The zero-order valence-electron chi connectivity index (χ0n) is 11.6. The minimum absolute atomic E-state index is 0.0556. The Morgan fingerprint density at radius 2 is 2.10 bits per heavy atom. The first kappa shape index (κ1) is 14.4. The van der Waals surface area contributed by atoms with Crippen molar-refractivity contribution in [3.05, 3.63) is 52.8 Å². The van der Waals surface area contributed by atoms with E-state index in [1.807, 2.05) is 25.1 Å². The van der Waals surface area contributed by atoms with E-state index in [0.717, 1.165) is 29.7 Å². The molecule has 0 saturated heterocycles. The van der Waals surface area contributed by atoms with Gasteiger partial charge in [-0.25, -0.2) is 8.42 Å². The first-order chi connectivity index (χ1) is 10.00. The molecule has 0 radical (unpaired) electrons. The number of hydrogen-bond acceptors (Lipinski definition) is 3. The van der Waals surface area contributed by atoms with Crippen molar-refractivity contribution in [3.8, 4) is 0 Å². The van der Waals surface area contributed by atoms with Gasteiger partial charge in [0.25, 0.3) is 10.0 Å². The summed E-state index contributed by atoms with van der Waals surface area (Å²) in [6.45, 7) is 2.47. The van der Waals surface area contributed by atoms with Crippen molar-refractivity contribution in [2.75, 3.05) is 10.8 Å². The van der Waals surface area contributed by atoms with Gasteiger partial charge in [0, 0.05) is 18.9 Å². The van der Waals surface area contributed by atoms with Gasteiger partial charge < -0.3 is 0 Å². The Morgan fingerprint density at radius 3 is 2.86 bits per heavy atom. The lowest BCUT2D eigenvalue weighted by Crippen LogP contribution is -2.35. The topological polar surface area (TPSA) is 50.3 Å². The summed E-state index contributed by atoms with van der Waals surface area (Å²) >= 11 is 6.03. The predicted molar refractivity (Wildman–Crippen MR) is 83.3 cm³/mol. The van der Waals surface area contributed by atoms with Crippen molar-refractivity contribution < 1.29 is 8.42 Å². The third-order valence-corrected chi connectivity index (χ3v) is 5.90. The molecule has 0 amide bonds. The van der Waals surface area contributed by atoms with Crippen LogP contribution in [0.4, 0.5) is 5.69 Å². The lowest BCUT2D eigenvalue weighted by molar-refractivity contribution is 0.586. The Hall–Kier alpha value is -1.59. The largest absolute Gasteiger partial charge is 0.267 e. The number of rotatable bonds is 2. The van der Waals surface area contributed by atoms with E-state index in [9.17, 15) is 8.42 Å². The summed E-state index contributed by atoms with van der Waals surface area (Å²) in [5.74, 6) is 0. The van der Waals surface area contributed by atoms with Gasteiger partial charge in [-0.1, -0.05) is 29.3 Å². The number of fused-ring (bicyclic) bond motifs is 1. The Balaban J connectivity index is 2.12. The molecule has 4 nitrogen and oxygen atoms in total. The number of halogens is 1. The van der Waals surface area contributed by atoms with Crippen molar-refractivity contribution in [1.29, 1.82) is 0 Å². The zero-order chi connectivity index (χ0) is 15.0. The highest BCUT2D eigenvalue weighted by atomic mass is 35.5. The highest BCUT2D eigenvalue weighted by molar-refractivity contribution is 7.93. The molecule has 1 aliphatic rings. The van der Waals surface area contributed by atoms with E-state index in [0.29, 0.717) is 6.54 Å². The van der Waals surface area contributed by atoms with Crippen molar-refractivity contribution in [2.45, 2.75) is 24.7 Å². The number of sulfonamides is 1. The monoisotopic (exact) mass is 322 g/mol. The summed E-state index contributed by atoms with van der Waals surface area (Å²) in [4.78, 5) is 3.94. The first-order valence-corrected chi connectivity index (χ1v) is 8.54. The van der Waals surface area contributed by atoms with E-state index in [1.54, 1.807) is 0 Å². The molecule has 0 N–H and O–H groups in total. The second kappa shape index (κ2) is 5.31. The number of pyridine rings is 1. The number of hydrogen-bond donors (Lipinski definition) is 0. The normalized spacial score (nSPS) is 14.9. The number of aryl methyl sites for hydroxylation is 2. The van der Waals surface area contributed by atoms with Gasteiger partial charge >= 0.3 is 0 Å². The Labute approximate surface area is 129 Å².